The van der Waals surface area contributed by atoms with Crippen LogP contribution < -0.4 is 0 Å². The zero-order chi connectivity index (χ0) is 12.7. The Balaban J connectivity index is 1.79. The van der Waals surface area contributed by atoms with Crippen LogP contribution in [0.1, 0.15) is 53.9 Å². The van der Waals surface area contributed by atoms with Gasteiger partial charge in [0.2, 0.25) is 0 Å². The van der Waals surface area contributed by atoms with E-state index in [2.05, 4.69) is 34.6 Å². The molecule has 2 rings (SSSR count). The van der Waals surface area contributed by atoms with Crippen molar-refractivity contribution in [1.82, 2.24) is 0 Å². The third-order valence-electron chi connectivity index (χ3n) is 4.23. The summed E-state index contributed by atoms with van der Waals surface area (Å²) in [6.45, 7) is 11.5. The van der Waals surface area contributed by atoms with Crippen molar-refractivity contribution < 1.29 is 14.0 Å². The minimum Gasteiger partial charge on any atom is -0.403 e. The molecule has 0 radical (unpaired) electrons. The summed E-state index contributed by atoms with van der Waals surface area (Å²) in [6, 6.07) is 0. The average molecular weight is 240 g/mol. The van der Waals surface area contributed by atoms with Crippen LogP contribution in [-0.4, -0.2) is 31.0 Å². The van der Waals surface area contributed by atoms with Gasteiger partial charge >= 0.3 is 7.12 Å². The first kappa shape index (κ1) is 13.4. The molecule has 17 heavy (non-hydrogen) atoms. The predicted octanol–water partition coefficient (Wildman–Crippen LogP) is 3.04. The molecule has 2 atom stereocenters. The number of unbranched alkanes of at least 4 members (excludes halogenated alkanes) is 1. The van der Waals surface area contributed by atoms with Gasteiger partial charge in [0.1, 0.15) is 0 Å². The molecule has 0 aromatic carbocycles. The van der Waals surface area contributed by atoms with Gasteiger partial charge in [-0.15, -0.1) is 0 Å². The van der Waals surface area contributed by atoms with Crippen molar-refractivity contribution in [2.75, 3.05) is 6.61 Å². The van der Waals surface area contributed by atoms with Crippen molar-refractivity contribution >= 4 is 7.12 Å². The monoisotopic (exact) mass is 240 g/mol. The summed E-state index contributed by atoms with van der Waals surface area (Å²) < 4.78 is 17.8. The highest BCUT2D eigenvalue weighted by Crippen LogP contribution is 2.50. The second-order valence-electron chi connectivity index (χ2n) is 6.29. The van der Waals surface area contributed by atoms with Crippen molar-refractivity contribution in [3.8, 4) is 0 Å². The lowest BCUT2D eigenvalue weighted by molar-refractivity contribution is 0.00578. The summed E-state index contributed by atoms with van der Waals surface area (Å²) in [6.07, 6.45) is 3.78. The van der Waals surface area contributed by atoms with Crippen LogP contribution in [0.2, 0.25) is 5.82 Å². The third kappa shape index (κ3) is 2.69. The van der Waals surface area contributed by atoms with Crippen LogP contribution in [0.3, 0.4) is 0 Å². The predicted molar refractivity (Wildman–Crippen MR) is 69.1 cm³/mol. The minimum absolute atomic E-state index is 0.0772. The molecule has 1 heterocycles. The molecule has 2 aliphatic rings. The molecule has 1 aliphatic heterocycles. The van der Waals surface area contributed by atoms with Crippen LogP contribution in [0.15, 0.2) is 0 Å². The second-order valence-corrected chi connectivity index (χ2v) is 6.29. The van der Waals surface area contributed by atoms with Crippen molar-refractivity contribution in [1.29, 1.82) is 0 Å². The van der Waals surface area contributed by atoms with E-state index >= 15 is 0 Å². The molecule has 3 nitrogen and oxygen atoms in total. The molecule has 4 heteroatoms. The average Bonchev–Trinajstić information content (AvgIpc) is 2.91. The summed E-state index contributed by atoms with van der Waals surface area (Å²) in [7, 11) is -0.0772. The lowest BCUT2D eigenvalue weighted by atomic mass is 9.82. The Hall–Kier alpha value is -0.0551. The van der Waals surface area contributed by atoms with E-state index in [4.69, 9.17) is 14.0 Å². The molecule has 0 N–H and O–H groups in total. The SMILES string of the molecule is CCCCO[C@H]1C[C@@H]1B1OC(C)(C)C(C)(C)O1. The van der Waals surface area contributed by atoms with Crippen LogP contribution >= 0.6 is 0 Å². The van der Waals surface area contributed by atoms with Gasteiger partial charge in [0.25, 0.3) is 0 Å². The molecule has 1 aliphatic carbocycles. The van der Waals surface area contributed by atoms with Gasteiger partial charge in [-0.2, -0.15) is 0 Å². The lowest BCUT2D eigenvalue weighted by Gasteiger charge is -2.32. The first-order chi connectivity index (χ1) is 7.87. The summed E-state index contributed by atoms with van der Waals surface area (Å²) in [5.41, 5.74) is -0.428. The Kier molecular flexibility index (Phi) is 3.59. The van der Waals surface area contributed by atoms with Crippen LogP contribution in [0.5, 0.6) is 0 Å². The van der Waals surface area contributed by atoms with E-state index in [9.17, 15) is 0 Å². The molecule has 0 aromatic rings. The topological polar surface area (TPSA) is 27.7 Å². The zero-order valence-corrected chi connectivity index (χ0v) is 11.8. The normalized spacial score (nSPS) is 34.1. The Morgan fingerprint density at radius 3 is 2.29 bits per heavy atom. The highest BCUT2D eigenvalue weighted by atomic mass is 16.7. The summed E-state index contributed by atoms with van der Waals surface area (Å²) >= 11 is 0. The Morgan fingerprint density at radius 1 is 1.18 bits per heavy atom. The number of hydrogen-bond donors (Lipinski definition) is 0. The molecule has 1 saturated heterocycles. The van der Waals surface area contributed by atoms with E-state index in [1.165, 1.54) is 6.42 Å². The zero-order valence-electron chi connectivity index (χ0n) is 11.8. The van der Waals surface area contributed by atoms with Gasteiger partial charge in [-0.25, -0.2) is 0 Å². The summed E-state index contributed by atoms with van der Waals surface area (Å²) in [5, 5.41) is 0. The van der Waals surface area contributed by atoms with Crippen LogP contribution in [0, 0.1) is 0 Å². The minimum atomic E-state index is -0.214. The van der Waals surface area contributed by atoms with E-state index in [1.807, 2.05) is 0 Å². The number of hydrogen-bond acceptors (Lipinski definition) is 3. The van der Waals surface area contributed by atoms with Gasteiger partial charge in [0, 0.05) is 12.4 Å². The summed E-state index contributed by atoms with van der Waals surface area (Å²) in [5.74, 6) is 0.438. The molecule has 0 bridgehead atoms. The maximum absolute atomic E-state index is 6.02. The first-order valence-corrected chi connectivity index (χ1v) is 6.84. The van der Waals surface area contributed by atoms with Crippen LogP contribution in [-0.2, 0) is 14.0 Å². The molecule has 0 amide bonds. The largest absolute Gasteiger partial charge is 0.463 e. The number of rotatable bonds is 5. The van der Waals surface area contributed by atoms with Crippen molar-refractivity contribution in [3.63, 3.8) is 0 Å². The Bertz CT molecular complexity index is 262. The maximum atomic E-state index is 6.02. The fourth-order valence-electron chi connectivity index (χ4n) is 2.11. The molecule has 0 aromatic heterocycles. The van der Waals surface area contributed by atoms with E-state index in [-0.39, 0.29) is 18.3 Å². The van der Waals surface area contributed by atoms with Crippen LogP contribution in [0.4, 0.5) is 0 Å². The fourth-order valence-corrected chi connectivity index (χ4v) is 2.11. The third-order valence-corrected chi connectivity index (χ3v) is 4.23. The van der Waals surface area contributed by atoms with Crippen molar-refractivity contribution in [3.05, 3.63) is 0 Å². The van der Waals surface area contributed by atoms with Crippen molar-refractivity contribution in [2.24, 2.45) is 0 Å². The summed E-state index contributed by atoms with van der Waals surface area (Å²) in [4.78, 5) is 0. The quantitative estimate of drug-likeness (QED) is 0.546. The van der Waals surface area contributed by atoms with Gasteiger partial charge in [-0.1, -0.05) is 13.3 Å². The van der Waals surface area contributed by atoms with Gasteiger partial charge in [-0.05, 0) is 40.5 Å². The molecular weight excluding hydrogens is 215 g/mol. The Labute approximate surface area is 105 Å². The van der Waals surface area contributed by atoms with Gasteiger partial charge in [0.05, 0.1) is 17.3 Å². The molecule has 0 unspecified atom stereocenters. The van der Waals surface area contributed by atoms with E-state index < -0.39 is 0 Å². The molecule has 0 spiro atoms. The van der Waals surface area contributed by atoms with Gasteiger partial charge < -0.3 is 14.0 Å². The van der Waals surface area contributed by atoms with Crippen LogP contribution in [0.25, 0.3) is 0 Å². The maximum Gasteiger partial charge on any atom is 0.463 e. The standard InChI is InChI=1S/C13H25BO3/c1-6-7-8-15-11-9-10(11)14-16-12(2,3)13(4,5)17-14/h10-11H,6-9H2,1-5H3/t10-,11-/m0/s1. The highest BCUT2D eigenvalue weighted by Gasteiger charge is 2.60. The van der Waals surface area contributed by atoms with E-state index in [0.29, 0.717) is 11.9 Å². The van der Waals surface area contributed by atoms with Gasteiger partial charge in [0.15, 0.2) is 0 Å². The Morgan fingerprint density at radius 2 is 1.76 bits per heavy atom. The van der Waals surface area contributed by atoms with Crippen molar-refractivity contribution in [2.45, 2.75) is 77.0 Å². The number of ether oxygens (including phenoxy) is 1. The molecule has 98 valence electrons. The van der Waals surface area contributed by atoms with Gasteiger partial charge in [-0.3, -0.25) is 0 Å². The first-order valence-electron chi connectivity index (χ1n) is 6.84. The fraction of sp³-hybridized carbons (Fsp3) is 1.00. The lowest BCUT2D eigenvalue weighted by Crippen LogP contribution is -2.41. The smallest absolute Gasteiger partial charge is 0.403 e. The highest BCUT2D eigenvalue weighted by molar-refractivity contribution is 6.49. The second kappa shape index (κ2) is 4.56. The van der Waals surface area contributed by atoms with E-state index in [0.717, 1.165) is 19.4 Å². The molecule has 1 saturated carbocycles. The molecule has 2 fully saturated rings. The molecular formula is C13H25BO3. The van der Waals surface area contributed by atoms with E-state index in [1.54, 1.807) is 0 Å².